The van der Waals surface area contributed by atoms with E-state index in [4.69, 9.17) is 4.74 Å². The zero-order valence-electron chi connectivity index (χ0n) is 17.2. The highest BCUT2D eigenvalue weighted by Crippen LogP contribution is 2.36. The summed E-state index contributed by atoms with van der Waals surface area (Å²) >= 11 is 1.84. The van der Waals surface area contributed by atoms with Crippen LogP contribution in [0.1, 0.15) is 28.8 Å². The van der Waals surface area contributed by atoms with Crippen LogP contribution in [-0.2, 0) is 6.42 Å². The van der Waals surface area contributed by atoms with Gasteiger partial charge < -0.3 is 9.64 Å². The summed E-state index contributed by atoms with van der Waals surface area (Å²) in [7, 11) is 0. The van der Waals surface area contributed by atoms with Gasteiger partial charge in [-0.15, -0.1) is 11.8 Å². The maximum Gasteiger partial charge on any atom is 0.164 e. The molecule has 4 heteroatoms. The van der Waals surface area contributed by atoms with Gasteiger partial charge in [0.2, 0.25) is 0 Å². The van der Waals surface area contributed by atoms with Gasteiger partial charge in [0.25, 0.3) is 0 Å². The van der Waals surface area contributed by atoms with Crippen LogP contribution in [0.25, 0.3) is 10.8 Å². The van der Waals surface area contributed by atoms with Gasteiger partial charge in [-0.2, -0.15) is 0 Å². The molecular formula is C26H27NO2S. The number of Topliss-reactive ketones (excluding diaryl/α,β-unsaturated/α-hetero) is 1. The van der Waals surface area contributed by atoms with Gasteiger partial charge in [0.15, 0.2) is 5.78 Å². The van der Waals surface area contributed by atoms with Crippen LogP contribution in [0, 0.1) is 5.92 Å². The first-order valence-electron chi connectivity index (χ1n) is 10.9. The van der Waals surface area contributed by atoms with Crippen LogP contribution < -0.4 is 4.74 Å². The second-order valence-electron chi connectivity index (χ2n) is 8.38. The molecule has 3 aromatic rings. The quantitative estimate of drug-likeness (QED) is 0.498. The van der Waals surface area contributed by atoms with Crippen LogP contribution in [0.4, 0.5) is 0 Å². The van der Waals surface area contributed by atoms with Gasteiger partial charge >= 0.3 is 0 Å². The number of carbonyl (C=O) groups excluding carboxylic acids is 1. The Bertz CT molecular complexity index is 1050. The number of ketones is 1. The third kappa shape index (κ3) is 4.40. The lowest BCUT2D eigenvalue weighted by Gasteiger charge is -2.18. The van der Waals surface area contributed by atoms with Gasteiger partial charge in [-0.25, -0.2) is 0 Å². The van der Waals surface area contributed by atoms with Gasteiger partial charge in [0.1, 0.15) is 5.75 Å². The fourth-order valence-electron chi connectivity index (χ4n) is 4.59. The number of thioether (sulfide) groups is 1. The molecule has 1 saturated heterocycles. The molecule has 2 heterocycles. The van der Waals surface area contributed by atoms with E-state index in [2.05, 4.69) is 53.4 Å². The number of fused-ring (bicyclic) bond motifs is 2. The van der Waals surface area contributed by atoms with Crippen molar-refractivity contribution in [3.63, 3.8) is 0 Å². The SMILES string of the molecule is O=C(CCN1CCC(Cc2ccccc2)C1)c1ccc2cc3c(cc2c1)OCCS3. The summed E-state index contributed by atoms with van der Waals surface area (Å²) in [6.07, 6.45) is 2.95. The molecule has 0 bridgehead atoms. The Balaban J connectivity index is 1.19. The van der Waals surface area contributed by atoms with E-state index in [1.165, 1.54) is 22.3 Å². The number of ether oxygens (including phenoxy) is 1. The van der Waals surface area contributed by atoms with E-state index in [1.807, 2.05) is 23.9 Å². The molecule has 1 atom stereocenters. The van der Waals surface area contributed by atoms with E-state index in [0.717, 1.165) is 55.1 Å². The minimum Gasteiger partial charge on any atom is -0.492 e. The Labute approximate surface area is 182 Å². The fourth-order valence-corrected chi connectivity index (χ4v) is 5.45. The molecule has 2 aliphatic heterocycles. The van der Waals surface area contributed by atoms with Gasteiger partial charge in [-0.1, -0.05) is 42.5 Å². The molecule has 5 rings (SSSR count). The Hall–Kier alpha value is -2.30. The second kappa shape index (κ2) is 8.83. The normalized spacial score (nSPS) is 18.9. The zero-order chi connectivity index (χ0) is 20.3. The van der Waals surface area contributed by atoms with Gasteiger partial charge in [0.05, 0.1) is 11.5 Å². The Morgan fingerprint density at radius 1 is 1.07 bits per heavy atom. The Kier molecular flexibility index (Phi) is 5.78. The number of hydrogen-bond donors (Lipinski definition) is 0. The van der Waals surface area contributed by atoms with Gasteiger partial charge in [-0.05, 0) is 59.8 Å². The summed E-state index contributed by atoms with van der Waals surface area (Å²) in [5.74, 6) is 2.88. The second-order valence-corrected chi connectivity index (χ2v) is 9.51. The maximum absolute atomic E-state index is 12.8. The molecule has 0 aromatic heterocycles. The molecule has 30 heavy (non-hydrogen) atoms. The number of carbonyl (C=O) groups is 1. The van der Waals surface area contributed by atoms with Crippen molar-refractivity contribution < 1.29 is 9.53 Å². The Morgan fingerprint density at radius 3 is 2.87 bits per heavy atom. The highest BCUT2D eigenvalue weighted by molar-refractivity contribution is 7.99. The first-order chi connectivity index (χ1) is 14.7. The minimum absolute atomic E-state index is 0.233. The summed E-state index contributed by atoms with van der Waals surface area (Å²) in [6.45, 7) is 3.81. The standard InChI is InChI=1S/C26H27NO2S/c28-24(9-11-27-10-8-20(18-27)14-19-4-2-1-3-5-19)22-7-6-21-17-26-25(16-23(21)15-22)29-12-13-30-26/h1-7,15-17,20H,8-14,18H2. The molecule has 0 amide bonds. The summed E-state index contributed by atoms with van der Waals surface area (Å²) in [5.41, 5.74) is 2.23. The molecule has 0 saturated carbocycles. The van der Waals surface area contributed by atoms with Crippen LogP contribution in [0.3, 0.4) is 0 Å². The average Bonchev–Trinajstić information content (AvgIpc) is 3.23. The molecule has 0 aliphatic carbocycles. The molecule has 3 aromatic carbocycles. The number of rotatable bonds is 6. The summed E-state index contributed by atoms with van der Waals surface area (Å²) in [6, 6.07) is 21.1. The van der Waals surface area contributed by atoms with Crippen LogP contribution in [-0.4, -0.2) is 42.7 Å². The van der Waals surface area contributed by atoms with Crippen LogP contribution in [0.2, 0.25) is 0 Å². The molecule has 0 N–H and O–H groups in total. The van der Waals surface area contributed by atoms with Crippen molar-refractivity contribution in [2.24, 2.45) is 5.92 Å². The van der Waals surface area contributed by atoms with Crippen molar-refractivity contribution in [3.05, 3.63) is 71.8 Å². The predicted molar refractivity (Wildman–Crippen MR) is 124 cm³/mol. The lowest BCUT2D eigenvalue weighted by Crippen LogP contribution is -2.24. The largest absolute Gasteiger partial charge is 0.492 e. The van der Waals surface area contributed by atoms with E-state index < -0.39 is 0 Å². The average molecular weight is 418 g/mol. The van der Waals surface area contributed by atoms with Crippen molar-refractivity contribution in [3.8, 4) is 5.75 Å². The lowest BCUT2D eigenvalue weighted by atomic mass is 9.99. The van der Waals surface area contributed by atoms with Crippen LogP contribution in [0.5, 0.6) is 5.75 Å². The molecule has 1 fully saturated rings. The third-order valence-electron chi connectivity index (χ3n) is 6.22. The summed E-state index contributed by atoms with van der Waals surface area (Å²) in [5, 5.41) is 2.26. The lowest BCUT2D eigenvalue weighted by molar-refractivity contribution is 0.0968. The number of hydrogen-bond acceptors (Lipinski definition) is 4. The van der Waals surface area contributed by atoms with Crippen LogP contribution in [0.15, 0.2) is 65.6 Å². The summed E-state index contributed by atoms with van der Waals surface area (Å²) < 4.78 is 5.79. The van der Waals surface area contributed by atoms with Crippen LogP contribution >= 0.6 is 11.8 Å². The van der Waals surface area contributed by atoms with Crippen molar-refractivity contribution in [1.82, 2.24) is 4.90 Å². The molecule has 154 valence electrons. The van der Waals surface area contributed by atoms with Gasteiger partial charge in [0, 0.05) is 30.8 Å². The summed E-state index contributed by atoms with van der Waals surface area (Å²) in [4.78, 5) is 16.5. The number of benzene rings is 3. The zero-order valence-corrected chi connectivity index (χ0v) is 18.0. The molecule has 1 unspecified atom stereocenters. The van der Waals surface area contributed by atoms with Crippen molar-refractivity contribution >= 4 is 28.3 Å². The van der Waals surface area contributed by atoms with E-state index >= 15 is 0 Å². The number of likely N-dealkylation sites (tertiary alicyclic amines) is 1. The van der Waals surface area contributed by atoms with E-state index in [9.17, 15) is 4.79 Å². The minimum atomic E-state index is 0.233. The molecule has 0 spiro atoms. The van der Waals surface area contributed by atoms with Gasteiger partial charge in [-0.3, -0.25) is 4.79 Å². The predicted octanol–water partition coefficient (Wildman–Crippen LogP) is 5.46. The topological polar surface area (TPSA) is 29.5 Å². The monoisotopic (exact) mass is 417 g/mol. The smallest absolute Gasteiger partial charge is 0.164 e. The maximum atomic E-state index is 12.8. The fraction of sp³-hybridized carbons (Fsp3) is 0.346. The molecular weight excluding hydrogens is 390 g/mol. The Morgan fingerprint density at radius 2 is 1.97 bits per heavy atom. The van der Waals surface area contributed by atoms with E-state index in [1.54, 1.807) is 0 Å². The highest BCUT2D eigenvalue weighted by atomic mass is 32.2. The molecule has 2 aliphatic rings. The van der Waals surface area contributed by atoms with Crippen molar-refractivity contribution in [2.45, 2.75) is 24.2 Å². The van der Waals surface area contributed by atoms with Crippen molar-refractivity contribution in [2.75, 3.05) is 32.0 Å². The first kappa shape index (κ1) is 19.7. The van der Waals surface area contributed by atoms with Crippen molar-refractivity contribution in [1.29, 1.82) is 0 Å². The van der Waals surface area contributed by atoms with E-state index in [-0.39, 0.29) is 5.78 Å². The molecule has 0 radical (unpaired) electrons. The van der Waals surface area contributed by atoms with E-state index in [0.29, 0.717) is 12.3 Å². The number of nitrogens with zero attached hydrogens (tertiary/aromatic N) is 1. The highest BCUT2D eigenvalue weighted by Gasteiger charge is 2.23. The third-order valence-corrected chi connectivity index (χ3v) is 7.22. The first-order valence-corrected chi connectivity index (χ1v) is 11.9. The molecule has 3 nitrogen and oxygen atoms in total.